The lowest BCUT2D eigenvalue weighted by molar-refractivity contribution is -0.169. The molecular weight excluding hydrogens is 460 g/mol. The number of carboxylic acid groups (broad SMARTS) is 1. The van der Waals surface area contributed by atoms with Gasteiger partial charge in [-0.2, -0.15) is 0 Å². The molecule has 3 N–H and O–H groups in total. The van der Waals surface area contributed by atoms with E-state index < -0.39 is 40.8 Å². The van der Waals surface area contributed by atoms with Crippen molar-refractivity contribution < 1.29 is 33.8 Å². The molecule has 0 radical (unpaired) electrons. The maximum atomic E-state index is 13.4. The molecule has 1 aromatic rings. The van der Waals surface area contributed by atoms with E-state index in [4.69, 9.17) is 4.74 Å². The number of thioether (sulfide) groups is 1. The fraction of sp³-hybridized carbons (Fsp3) is 0.421. The second-order valence-corrected chi connectivity index (χ2v) is 9.16. The van der Waals surface area contributed by atoms with Crippen molar-refractivity contribution >= 4 is 52.9 Å². The zero-order valence-electron chi connectivity index (χ0n) is 17.5. The second-order valence-electron chi connectivity index (χ2n) is 7.06. The van der Waals surface area contributed by atoms with Crippen molar-refractivity contribution in [3.63, 3.8) is 0 Å². The Morgan fingerprint density at radius 2 is 2.09 bits per heavy atom. The minimum atomic E-state index is -1.77. The highest BCUT2D eigenvalue weighted by molar-refractivity contribution is 8.00. The summed E-state index contributed by atoms with van der Waals surface area (Å²) in [6.45, 7) is 0.921. The maximum Gasteiger partial charge on any atom is 0.352 e. The van der Waals surface area contributed by atoms with Crippen LogP contribution in [0.25, 0.3) is 0 Å². The van der Waals surface area contributed by atoms with E-state index >= 15 is 0 Å². The summed E-state index contributed by atoms with van der Waals surface area (Å²) >= 11 is 2.55. The van der Waals surface area contributed by atoms with Gasteiger partial charge in [0, 0.05) is 37.2 Å². The fourth-order valence-electron chi connectivity index (χ4n) is 3.57. The van der Waals surface area contributed by atoms with E-state index in [9.17, 15) is 29.1 Å². The van der Waals surface area contributed by atoms with Crippen molar-refractivity contribution in [3.05, 3.63) is 33.7 Å². The monoisotopic (exact) mass is 482 g/mol. The number of rotatable bonds is 7. The molecular formula is C19H22N4O7S2. The first-order valence-corrected chi connectivity index (χ1v) is 11.4. The van der Waals surface area contributed by atoms with E-state index in [2.05, 4.69) is 10.6 Å². The molecule has 0 unspecified atom stereocenters. The highest BCUT2D eigenvalue weighted by atomic mass is 32.2. The largest absolute Gasteiger partial charge is 0.477 e. The van der Waals surface area contributed by atoms with Gasteiger partial charge in [-0.1, -0.05) is 6.07 Å². The summed E-state index contributed by atoms with van der Waals surface area (Å²) in [7, 11) is 2.74. The topological polar surface area (TPSA) is 145 Å². The number of ether oxygens (including phenoxy) is 1. The Bertz CT molecular complexity index is 994. The van der Waals surface area contributed by atoms with Crippen LogP contribution >= 0.6 is 23.1 Å². The number of fused-ring (bicyclic) bond motifs is 1. The first-order chi connectivity index (χ1) is 15.1. The highest BCUT2D eigenvalue weighted by Crippen LogP contribution is 2.47. The molecule has 3 rings (SSSR count). The molecule has 1 saturated heterocycles. The summed E-state index contributed by atoms with van der Waals surface area (Å²) < 4.78 is 4.93. The molecule has 0 saturated carbocycles. The van der Waals surface area contributed by atoms with Gasteiger partial charge in [0.05, 0.1) is 6.42 Å². The molecule has 172 valence electrons. The molecule has 0 aliphatic carbocycles. The van der Waals surface area contributed by atoms with E-state index in [1.54, 1.807) is 12.1 Å². The fourth-order valence-corrected chi connectivity index (χ4v) is 5.76. The number of carboxylic acids is 1. The van der Waals surface area contributed by atoms with Crippen LogP contribution in [0, 0.1) is 0 Å². The van der Waals surface area contributed by atoms with Crippen LogP contribution in [0.2, 0.25) is 0 Å². The van der Waals surface area contributed by atoms with Crippen molar-refractivity contribution in [1.82, 2.24) is 20.4 Å². The zero-order valence-corrected chi connectivity index (χ0v) is 19.2. The number of β-lactam (4-membered cyclic amide) rings is 1. The zero-order chi connectivity index (χ0) is 23.6. The number of thiophene rings is 1. The minimum absolute atomic E-state index is 0.00496. The van der Waals surface area contributed by atoms with Gasteiger partial charge >= 0.3 is 18.0 Å². The molecule has 0 spiro atoms. The molecule has 2 aliphatic heterocycles. The molecule has 11 nitrogen and oxygen atoms in total. The second kappa shape index (κ2) is 9.20. The average molecular weight is 483 g/mol. The molecule has 3 heterocycles. The van der Waals surface area contributed by atoms with Crippen LogP contribution in [-0.4, -0.2) is 82.2 Å². The highest BCUT2D eigenvalue weighted by Gasteiger charge is 2.68. The molecule has 1 aromatic heterocycles. The van der Waals surface area contributed by atoms with Crippen molar-refractivity contribution in [2.75, 3.05) is 26.5 Å². The van der Waals surface area contributed by atoms with Crippen LogP contribution in [0.15, 0.2) is 28.8 Å². The van der Waals surface area contributed by atoms with Crippen molar-refractivity contribution in [2.24, 2.45) is 0 Å². The van der Waals surface area contributed by atoms with E-state index in [1.807, 2.05) is 5.38 Å². The van der Waals surface area contributed by atoms with Crippen LogP contribution < -0.4 is 10.6 Å². The lowest BCUT2D eigenvalue weighted by atomic mass is 9.93. The third-order valence-corrected chi connectivity index (χ3v) is 7.33. The number of urea groups is 1. The van der Waals surface area contributed by atoms with Gasteiger partial charge in [-0.3, -0.25) is 24.2 Å². The predicted octanol–water partition coefficient (Wildman–Crippen LogP) is 0.191. The number of carbonyl (C=O) groups is 5. The summed E-state index contributed by atoms with van der Waals surface area (Å²) in [5.41, 5.74) is -1.83. The van der Waals surface area contributed by atoms with E-state index in [0.717, 1.165) is 14.7 Å². The minimum Gasteiger partial charge on any atom is -0.477 e. The number of amides is 4. The Morgan fingerprint density at radius 3 is 2.66 bits per heavy atom. The normalized spacial score (nSPS) is 21.9. The molecule has 0 bridgehead atoms. The summed E-state index contributed by atoms with van der Waals surface area (Å²) in [5.74, 6) is -3.07. The number of nitrogens with one attached hydrogen (secondary N) is 2. The van der Waals surface area contributed by atoms with Gasteiger partial charge in [-0.25, -0.2) is 9.59 Å². The summed E-state index contributed by atoms with van der Waals surface area (Å²) in [4.78, 5) is 64.6. The van der Waals surface area contributed by atoms with Gasteiger partial charge < -0.3 is 20.5 Å². The Kier molecular flexibility index (Phi) is 6.79. The number of aliphatic carboxylic acids is 1. The standard InChI is InChI=1S/C19H22N4O7S2/c1-10(24)30-8-11-9-32-17-19(22(3)18(29)20-2,16(28)23(17)14(11)15(26)27)21-13(25)7-12-5-4-6-31-12/h4-6,17H,7-9H2,1-3H3,(H,20,29)(H,21,25)(H,26,27)/t17-,19-/m1/s1. The van der Waals surface area contributed by atoms with E-state index in [-0.39, 0.29) is 30.1 Å². The van der Waals surface area contributed by atoms with Gasteiger partial charge in [-0.05, 0) is 11.4 Å². The summed E-state index contributed by atoms with van der Waals surface area (Å²) in [6.07, 6.45) is 0.00496. The van der Waals surface area contributed by atoms with E-state index in [0.29, 0.717) is 0 Å². The molecule has 1 fully saturated rings. The Morgan fingerprint density at radius 1 is 1.38 bits per heavy atom. The van der Waals surface area contributed by atoms with Gasteiger partial charge in [0.1, 0.15) is 17.7 Å². The van der Waals surface area contributed by atoms with Gasteiger partial charge in [0.25, 0.3) is 5.91 Å². The van der Waals surface area contributed by atoms with Crippen LogP contribution in [0.1, 0.15) is 11.8 Å². The Labute approximate surface area is 191 Å². The third-order valence-electron chi connectivity index (χ3n) is 5.07. The molecule has 4 amide bonds. The van der Waals surface area contributed by atoms with Crippen LogP contribution in [-0.2, 0) is 30.3 Å². The van der Waals surface area contributed by atoms with Crippen molar-refractivity contribution in [1.29, 1.82) is 0 Å². The quantitative estimate of drug-likeness (QED) is 0.284. The van der Waals surface area contributed by atoms with E-state index in [1.165, 1.54) is 44.1 Å². The van der Waals surface area contributed by atoms with Gasteiger partial charge in [-0.15, -0.1) is 23.1 Å². The SMILES string of the molecule is CNC(=O)N(C)[C@]1(NC(=O)Cc2cccs2)C(=O)N2C(C(=O)O)=C(COC(C)=O)CS[C@@H]21. The van der Waals surface area contributed by atoms with Crippen LogP contribution in [0.5, 0.6) is 0 Å². The molecule has 2 aliphatic rings. The Balaban J connectivity index is 1.95. The smallest absolute Gasteiger partial charge is 0.352 e. The predicted molar refractivity (Wildman–Crippen MR) is 116 cm³/mol. The number of carbonyl (C=O) groups excluding carboxylic acids is 4. The van der Waals surface area contributed by atoms with Crippen molar-refractivity contribution in [2.45, 2.75) is 24.4 Å². The number of esters is 1. The average Bonchev–Trinajstić information content (AvgIpc) is 3.26. The van der Waals surface area contributed by atoms with Crippen LogP contribution in [0.4, 0.5) is 4.79 Å². The van der Waals surface area contributed by atoms with Gasteiger partial charge in [0.2, 0.25) is 11.6 Å². The molecule has 0 aromatic carbocycles. The number of likely N-dealkylation sites (N-methyl/N-ethyl adjacent to an activating group) is 1. The first-order valence-electron chi connectivity index (χ1n) is 9.46. The van der Waals surface area contributed by atoms with Crippen LogP contribution in [0.3, 0.4) is 0 Å². The molecule has 13 heteroatoms. The van der Waals surface area contributed by atoms with Crippen molar-refractivity contribution in [3.8, 4) is 0 Å². The third kappa shape index (κ3) is 4.05. The maximum absolute atomic E-state index is 13.4. The number of hydrogen-bond acceptors (Lipinski definition) is 8. The lowest BCUT2D eigenvalue weighted by Gasteiger charge is -2.59. The first kappa shape index (κ1) is 23.6. The Hall–Kier alpha value is -3.06. The molecule has 2 atom stereocenters. The number of hydrogen-bond donors (Lipinski definition) is 3. The van der Waals surface area contributed by atoms with Gasteiger partial charge in [0.15, 0.2) is 0 Å². The number of nitrogens with zero attached hydrogens (tertiary/aromatic N) is 2. The summed E-state index contributed by atoms with van der Waals surface area (Å²) in [5, 5.41) is 15.8. The summed E-state index contributed by atoms with van der Waals surface area (Å²) in [6, 6.07) is 2.94. The lowest BCUT2D eigenvalue weighted by Crippen LogP contribution is -2.86. The molecule has 32 heavy (non-hydrogen) atoms.